The summed E-state index contributed by atoms with van der Waals surface area (Å²) in [5.74, 6) is 0.152. The number of carbonyl (C=O) groups is 1. The summed E-state index contributed by atoms with van der Waals surface area (Å²) in [6.07, 6.45) is -0.605. The molecule has 24 heavy (non-hydrogen) atoms. The van der Waals surface area contributed by atoms with E-state index in [1.807, 2.05) is 6.92 Å². The van der Waals surface area contributed by atoms with Crippen molar-refractivity contribution in [3.63, 3.8) is 0 Å². The number of nitrogens with zero attached hydrogens (tertiary/aromatic N) is 2. The number of benzene rings is 1. The van der Waals surface area contributed by atoms with E-state index in [1.54, 1.807) is 13.8 Å². The van der Waals surface area contributed by atoms with Crippen LogP contribution in [0.1, 0.15) is 19.5 Å². The fraction of sp³-hybridized carbons (Fsp3) is 0.375. The Labute approximate surface area is 143 Å². The Bertz CT molecular complexity index is 688. The van der Waals surface area contributed by atoms with Crippen LogP contribution in [0.15, 0.2) is 24.3 Å². The molecule has 2 rings (SSSR count). The van der Waals surface area contributed by atoms with E-state index < -0.39 is 6.10 Å². The van der Waals surface area contributed by atoms with Crippen molar-refractivity contribution in [3.8, 4) is 10.8 Å². The molecule has 0 unspecified atom stereocenters. The average Bonchev–Trinajstić information content (AvgIpc) is 2.86. The number of urea groups is 1. The number of aryl methyl sites for hydroxylation is 1. The summed E-state index contributed by atoms with van der Waals surface area (Å²) in [6.45, 7) is 5.93. The van der Waals surface area contributed by atoms with Gasteiger partial charge in [-0.3, -0.25) is 5.32 Å². The number of anilines is 1. The number of ether oxygens (including phenoxy) is 1. The van der Waals surface area contributed by atoms with E-state index in [-0.39, 0.29) is 18.4 Å². The van der Waals surface area contributed by atoms with Crippen molar-refractivity contribution < 1.29 is 19.0 Å². The fourth-order valence-electron chi connectivity index (χ4n) is 1.99. The number of rotatable bonds is 6. The standard InChI is InChI=1S/C16H20FN3O3S/c1-4-20(9-10(2)21)16(22)19-15-18-11(3)14(24-15)23-13-7-5-12(17)6-8-13/h5-8,10,21H,4,9H2,1-3H3,(H,18,19,22)/t10-/m0/s1. The van der Waals surface area contributed by atoms with E-state index in [1.165, 1.54) is 40.5 Å². The van der Waals surface area contributed by atoms with Crippen LogP contribution in [-0.4, -0.2) is 40.2 Å². The third-order valence-corrected chi connectivity index (χ3v) is 4.10. The van der Waals surface area contributed by atoms with Gasteiger partial charge in [0.1, 0.15) is 11.6 Å². The lowest BCUT2D eigenvalue weighted by Gasteiger charge is -2.21. The van der Waals surface area contributed by atoms with Gasteiger partial charge in [-0.15, -0.1) is 0 Å². The summed E-state index contributed by atoms with van der Waals surface area (Å²) in [6, 6.07) is 5.33. The van der Waals surface area contributed by atoms with Gasteiger partial charge in [0, 0.05) is 13.1 Å². The molecule has 0 fully saturated rings. The quantitative estimate of drug-likeness (QED) is 0.832. The van der Waals surface area contributed by atoms with Crippen LogP contribution in [0.4, 0.5) is 14.3 Å². The number of carbonyl (C=O) groups excluding carboxylic acids is 1. The molecule has 0 saturated carbocycles. The Morgan fingerprint density at radius 1 is 1.46 bits per heavy atom. The lowest BCUT2D eigenvalue weighted by molar-refractivity contribution is 0.141. The molecular weight excluding hydrogens is 333 g/mol. The third kappa shape index (κ3) is 4.90. The predicted molar refractivity (Wildman–Crippen MR) is 91.3 cm³/mol. The van der Waals surface area contributed by atoms with Crippen LogP contribution < -0.4 is 10.1 Å². The number of aromatic nitrogens is 1. The second kappa shape index (κ2) is 8.07. The highest BCUT2D eigenvalue weighted by Crippen LogP contribution is 2.34. The first-order valence-corrected chi connectivity index (χ1v) is 8.35. The molecule has 6 nitrogen and oxygen atoms in total. The maximum absolute atomic E-state index is 12.9. The minimum Gasteiger partial charge on any atom is -0.445 e. The molecule has 0 saturated heterocycles. The highest BCUT2D eigenvalue weighted by atomic mass is 32.1. The number of likely N-dealkylation sites (N-methyl/N-ethyl adjacent to an activating group) is 1. The first-order valence-electron chi connectivity index (χ1n) is 7.54. The fourth-order valence-corrected chi connectivity index (χ4v) is 2.81. The topological polar surface area (TPSA) is 74.7 Å². The summed E-state index contributed by atoms with van der Waals surface area (Å²) in [5, 5.41) is 13.0. The van der Waals surface area contributed by atoms with Crippen LogP contribution in [0, 0.1) is 12.7 Å². The summed E-state index contributed by atoms with van der Waals surface area (Å²) >= 11 is 1.19. The van der Waals surface area contributed by atoms with Gasteiger partial charge < -0.3 is 14.7 Å². The van der Waals surface area contributed by atoms with Gasteiger partial charge in [0.2, 0.25) is 5.06 Å². The van der Waals surface area contributed by atoms with Crippen molar-refractivity contribution in [1.29, 1.82) is 0 Å². The number of hydrogen-bond donors (Lipinski definition) is 2. The van der Waals surface area contributed by atoms with Crippen LogP contribution >= 0.6 is 11.3 Å². The average molecular weight is 353 g/mol. The molecule has 2 amide bonds. The van der Waals surface area contributed by atoms with E-state index in [4.69, 9.17) is 4.74 Å². The predicted octanol–water partition coefficient (Wildman–Crippen LogP) is 3.62. The van der Waals surface area contributed by atoms with Crippen molar-refractivity contribution in [1.82, 2.24) is 9.88 Å². The second-order valence-electron chi connectivity index (χ2n) is 5.27. The van der Waals surface area contributed by atoms with Gasteiger partial charge in [0.15, 0.2) is 5.13 Å². The van der Waals surface area contributed by atoms with Gasteiger partial charge in [0.05, 0.1) is 11.8 Å². The molecule has 1 aromatic heterocycles. The van der Waals surface area contributed by atoms with Gasteiger partial charge >= 0.3 is 6.03 Å². The maximum atomic E-state index is 12.9. The molecule has 0 aliphatic carbocycles. The molecule has 2 N–H and O–H groups in total. The van der Waals surface area contributed by atoms with Crippen LogP contribution in [0.25, 0.3) is 0 Å². The van der Waals surface area contributed by atoms with Crippen LogP contribution in [0.2, 0.25) is 0 Å². The zero-order valence-corrected chi connectivity index (χ0v) is 14.6. The highest BCUT2D eigenvalue weighted by Gasteiger charge is 2.17. The van der Waals surface area contributed by atoms with Crippen molar-refractivity contribution in [2.24, 2.45) is 0 Å². The van der Waals surface area contributed by atoms with Gasteiger partial charge in [-0.2, -0.15) is 0 Å². The molecule has 1 heterocycles. The zero-order chi connectivity index (χ0) is 17.7. The molecule has 1 atom stereocenters. The Balaban J connectivity index is 2.05. The smallest absolute Gasteiger partial charge is 0.323 e. The highest BCUT2D eigenvalue weighted by molar-refractivity contribution is 7.17. The molecule has 0 spiro atoms. The maximum Gasteiger partial charge on any atom is 0.323 e. The van der Waals surface area contributed by atoms with Crippen molar-refractivity contribution in [2.75, 3.05) is 18.4 Å². The van der Waals surface area contributed by atoms with Gasteiger partial charge in [-0.1, -0.05) is 11.3 Å². The number of amides is 2. The SMILES string of the molecule is CCN(C[C@H](C)O)C(=O)Nc1nc(C)c(Oc2ccc(F)cc2)s1. The van der Waals surface area contributed by atoms with E-state index in [9.17, 15) is 14.3 Å². The largest absolute Gasteiger partial charge is 0.445 e. The summed E-state index contributed by atoms with van der Waals surface area (Å²) in [4.78, 5) is 17.9. The molecule has 0 aliphatic heterocycles. The van der Waals surface area contributed by atoms with Crippen LogP contribution in [0.3, 0.4) is 0 Å². The number of thiazole rings is 1. The van der Waals surface area contributed by atoms with Crippen LogP contribution in [-0.2, 0) is 0 Å². The Morgan fingerprint density at radius 3 is 2.71 bits per heavy atom. The number of hydrogen-bond acceptors (Lipinski definition) is 5. The summed E-state index contributed by atoms with van der Waals surface area (Å²) < 4.78 is 18.6. The minimum absolute atomic E-state index is 0.242. The molecule has 1 aromatic carbocycles. The Hall–Kier alpha value is -2.19. The van der Waals surface area contributed by atoms with Crippen LogP contribution in [0.5, 0.6) is 10.8 Å². The molecule has 8 heteroatoms. The first kappa shape index (κ1) is 18.2. The van der Waals surface area contributed by atoms with Gasteiger partial charge in [-0.25, -0.2) is 14.2 Å². The normalized spacial score (nSPS) is 11.9. The number of halogens is 1. The number of aliphatic hydroxyl groups is 1. The Kier molecular flexibility index (Phi) is 6.10. The molecular formula is C16H20FN3O3S. The number of nitrogens with one attached hydrogen (secondary N) is 1. The van der Waals surface area contributed by atoms with E-state index in [0.29, 0.717) is 28.2 Å². The molecule has 0 radical (unpaired) electrons. The monoisotopic (exact) mass is 353 g/mol. The summed E-state index contributed by atoms with van der Waals surface area (Å²) in [7, 11) is 0. The first-order chi connectivity index (χ1) is 11.4. The molecule has 2 aromatic rings. The third-order valence-electron chi connectivity index (χ3n) is 3.15. The van der Waals surface area contributed by atoms with Gasteiger partial charge in [-0.05, 0) is 45.0 Å². The lowest BCUT2D eigenvalue weighted by Crippen LogP contribution is -2.39. The summed E-state index contributed by atoms with van der Waals surface area (Å²) in [5.41, 5.74) is 0.623. The lowest BCUT2D eigenvalue weighted by atomic mass is 10.3. The number of aliphatic hydroxyl groups excluding tert-OH is 1. The van der Waals surface area contributed by atoms with Crippen molar-refractivity contribution in [3.05, 3.63) is 35.8 Å². The van der Waals surface area contributed by atoms with Crippen molar-refractivity contribution in [2.45, 2.75) is 26.9 Å². The van der Waals surface area contributed by atoms with Crippen molar-refractivity contribution >= 4 is 22.5 Å². The molecule has 130 valence electrons. The second-order valence-corrected chi connectivity index (χ2v) is 6.23. The molecule has 0 bridgehead atoms. The minimum atomic E-state index is -0.605. The molecule has 0 aliphatic rings. The van der Waals surface area contributed by atoms with E-state index >= 15 is 0 Å². The zero-order valence-electron chi connectivity index (χ0n) is 13.7. The van der Waals surface area contributed by atoms with E-state index in [0.717, 1.165) is 0 Å². The van der Waals surface area contributed by atoms with E-state index in [2.05, 4.69) is 10.3 Å². The van der Waals surface area contributed by atoms with Gasteiger partial charge in [0.25, 0.3) is 0 Å². The Morgan fingerprint density at radius 2 is 2.12 bits per heavy atom.